The number of anilines is 3. The average Bonchev–Trinajstić information content (AvgIpc) is 2.81. The van der Waals surface area contributed by atoms with E-state index in [9.17, 15) is 9.59 Å². The summed E-state index contributed by atoms with van der Waals surface area (Å²) in [6, 6.07) is 13.9. The number of para-hydroxylation sites is 1. The molecule has 166 valence electrons. The summed E-state index contributed by atoms with van der Waals surface area (Å²) in [7, 11) is 0. The second-order valence-corrected chi connectivity index (χ2v) is 7.58. The number of nitrogens with one attached hydrogen (secondary N) is 2. The number of benzene rings is 1. The van der Waals surface area contributed by atoms with Crippen molar-refractivity contribution < 1.29 is 9.59 Å². The molecule has 1 fully saturated rings. The van der Waals surface area contributed by atoms with Crippen molar-refractivity contribution in [3.8, 4) is 0 Å². The van der Waals surface area contributed by atoms with E-state index in [1.807, 2.05) is 12.1 Å². The second-order valence-electron chi connectivity index (χ2n) is 7.20. The van der Waals surface area contributed by atoms with Gasteiger partial charge in [-0.05, 0) is 49.2 Å². The van der Waals surface area contributed by atoms with E-state index in [0.717, 1.165) is 31.6 Å². The zero-order chi connectivity index (χ0) is 21.6. The van der Waals surface area contributed by atoms with Gasteiger partial charge in [0, 0.05) is 37.1 Å². The fourth-order valence-corrected chi connectivity index (χ4v) is 3.65. The first-order valence-electron chi connectivity index (χ1n) is 9.95. The van der Waals surface area contributed by atoms with Crippen molar-refractivity contribution in [3.05, 3.63) is 71.6 Å². The number of carbonyl (C=O) groups is 2. The Morgan fingerprint density at radius 2 is 1.66 bits per heavy atom. The number of carbonyl (C=O) groups excluding carboxylic acids is 2. The molecule has 0 unspecified atom stereocenters. The molecule has 2 N–H and O–H groups in total. The summed E-state index contributed by atoms with van der Waals surface area (Å²) >= 11 is 5.73. The molecule has 2 aromatic heterocycles. The number of amides is 2. The summed E-state index contributed by atoms with van der Waals surface area (Å²) in [5.41, 5.74) is 1.92. The van der Waals surface area contributed by atoms with E-state index in [4.69, 9.17) is 11.6 Å². The van der Waals surface area contributed by atoms with Gasteiger partial charge in [-0.15, -0.1) is 22.6 Å². The van der Waals surface area contributed by atoms with Gasteiger partial charge in [0.2, 0.25) is 5.91 Å². The van der Waals surface area contributed by atoms with E-state index < -0.39 is 0 Å². The lowest BCUT2D eigenvalue weighted by atomic mass is 9.95. The Labute approximate surface area is 196 Å². The van der Waals surface area contributed by atoms with Crippen LogP contribution in [0.15, 0.2) is 60.9 Å². The van der Waals surface area contributed by atoms with Gasteiger partial charge in [0.1, 0.15) is 0 Å². The molecule has 3 heterocycles. The van der Waals surface area contributed by atoms with E-state index in [1.54, 1.807) is 42.7 Å². The van der Waals surface area contributed by atoms with Gasteiger partial charge in [-0.25, -0.2) is 0 Å². The van der Waals surface area contributed by atoms with Crippen LogP contribution in [0.2, 0.25) is 5.15 Å². The van der Waals surface area contributed by atoms with Gasteiger partial charge >= 0.3 is 0 Å². The van der Waals surface area contributed by atoms with E-state index in [1.165, 1.54) is 6.07 Å². The summed E-state index contributed by atoms with van der Waals surface area (Å²) in [6.45, 7) is 1.58. The molecule has 8 nitrogen and oxygen atoms in total. The molecule has 32 heavy (non-hydrogen) atoms. The summed E-state index contributed by atoms with van der Waals surface area (Å²) in [4.78, 5) is 31.9. The molecule has 1 aromatic carbocycles. The van der Waals surface area contributed by atoms with Gasteiger partial charge in [0.15, 0.2) is 11.0 Å². The predicted molar refractivity (Wildman–Crippen MR) is 126 cm³/mol. The van der Waals surface area contributed by atoms with Crippen molar-refractivity contribution >= 4 is 53.0 Å². The van der Waals surface area contributed by atoms with Crippen LogP contribution in [0.5, 0.6) is 0 Å². The van der Waals surface area contributed by atoms with Crippen LogP contribution in [0.3, 0.4) is 0 Å². The van der Waals surface area contributed by atoms with E-state index in [-0.39, 0.29) is 41.1 Å². The predicted octanol–water partition coefficient (Wildman–Crippen LogP) is 4.05. The van der Waals surface area contributed by atoms with Crippen LogP contribution >= 0.6 is 24.0 Å². The molecule has 1 aliphatic rings. The first-order valence-corrected chi connectivity index (χ1v) is 10.3. The number of rotatable bonds is 5. The lowest BCUT2D eigenvalue weighted by Crippen LogP contribution is -2.38. The highest BCUT2D eigenvalue weighted by atomic mass is 35.5. The molecule has 2 amide bonds. The highest BCUT2D eigenvalue weighted by molar-refractivity contribution is 6.29. The molecule has 0 saturated carbocycles. The summed E-state index contributed by atoms with van der Waals surface area (Å²) < 4.78 is 0. The number of pyridine rings is 1. The Hall–Kier alpha value is -3.23. The van der Waals surface area contributed by atoms with E-state index in [0.29, 0.717) is 11.3 Å². The van der Waals surface area contributed by atoms with E-state index in [2.05, 4.69) is 30.7 Å². The Morgan fingerprint density at radius 3 is 2.34 bits per heavy atom. The lowest BCUT2D eigenvalue weighted by Gasteiger charge is -2.33. The number of hydrogen-bond acceptors (Lipinski definition) is 6. The SMILES string of the molecule is Cl.O=C(Nc1ccc(Cl)nn1)c1ccccc1NC(=O)C1CCN(c2ccncc2)CC1. The number of piperidine rings is 1. The highest BCUT2D eigenvalue weighted by Gasteiger charge is 2.26. The summed E-state index contributed by atoms with van der Waals surface area (Å²) in [5, 5.41) is 13.4. The Bertz CT molecular complexity index is 1060. The molecule has 10 heteroatoms. The maximum atomic E-state index is 12.9. The van der Waals surface area contributed by atoms with Crippen molar-refractivity contribution in [1.82, 2.24) is 15.2 Å². The second kappa shape index (κ2) is 10.9. The topological polar surface area (TPSA) is 100 Å². The fourth-order valence-electron chi connectivity index (χ4n) is 3.55. The van der Waals surface area contributed by atoms with E-state index >= 15 is 0 Å². The third-order valence-electron chi connectivity index (χ3n) is 5.20. The maximum Gasteiger partial charge on any atom is 0.258 e. The average molecular weight is 473 g/mol. The molecular weight excluding hydrogens is 451 g/mol. The zero-order valence-corrected chi connectivity index (χ0v) is 18.6. The molecule has 0 radical (unpaired) electrons. The molecule has 3 aromatic rings. The molecule has 0 aliphatic carbocycles. The lowest BCUT2D eigenvalue weighted by molar-refractivity contribution is -0.120. The van der Waals surface area contributed by atoms with Crippen LogP contribution in [-0.4, -0.2) is 40.1 Å². The van der Waals surface area contributed by atoms with Crippen LogP contribution in [0, 0.1) is 5.92 Å². The van der Waals surface area contributed by atoms with Gasteiger partial charge in [-0.3, -0.25) is 14.6 Å². The van der Waals surface area contributed by atoms with Crippen LogP contribution in [0.25, 0.3) is 0 Å². The Morgan fingerprint density at radius 1 is 0.938 bits per heavy atom. The van der Waals surface area contributed by atoms with Crippen molar-refractivity contribution in [1.29, 1.82) is 0 Å². The molecule has 0 atom stereocenters. The number of aromatic nitrogens is 3. The first kappa shape index (κ1) is 23.4. The van der Waals surface area contributed by atoms with Crippen LogP contribution < -0.4 is 15.5 Å². The first-order chi connectivity index (χ1) is 15.1. The van der Waals surface area contributed by atoms with Crippen LogP contribution in [0.1, 0.15) is 23.2 Å². The third-order valence-corrected chi connectivity index (χ3v) is 5.40. The van der Waals surface area contributed by atoms with Crippen molar-refractivity contribution in [2.75, 3.05) is 28.6 Å². The quantitative estimate of drug-likeness (QED) is 0.580. The normalized spacial score (nSPS) is 13.7. The highest BCUT2D eigenvalue weighted by Crippen LogP contribution is 2.25. The van der Waals surface area contributed by atoms with Gasteiger partial charge in [0.25, 0.3) is 5.91 Å². The summed E-state index contributed by atoms with van der Waals surface area (Å²) in [6.07, 6.45) is 5.02. The third kappa shape index (κ3) is 5.72. The number of nitrogens with zero attached hydrogens (tertiary/aromatic N) is 4. The van der Waals surface area contributed by atoms with Gasteiger partial charge in [0.05, 0.1) is 11.3 Å². The molecule has 1 saturated heterocycles. The monoisotopic (exact) mass is 472 g/mol. The largest absolute Gasteiger partial charge is 0.371 e. The van der Waals surface area contributed by atoms with Crippen molar-refractivity contribution in [2.45, 2.75) is 12.8 Å². The molecule has 0 bridgehead atoms. The van der Waals surface area contributed by atoms with Gasteiger partial charge in [-0.1, -0.05) is 23.7 Å². The molecule has 0 spiro atoms. The van der Waals surface area contributed by atoms with Crippen molar-refractivity contribution in [3.63, 3.8) is 0 Å². The van der Waals surface area contributed by atoms with Crippen molar-refractivity contribution in [2.24, 2.45) is 5.92 Å². The number of halogens is 2. The Balaban J connectivity index is 0.00000289. The standard InChI is InChI=1S/C22H21ClN6O2.ClH/c23-19-5-6-20(28-27-19)26-22(31)17-3-1-2-4-18(17)25-21(30)15-9-13-29(14-10-15)16-7-11-24-12-8-16;/h1-8,11-12,15H,9-10,13-14H2,(H,25,30)(H,26,28,31);1H. The minimum absolute atomic E-state index is 0. The smallest absolute Gasteiger partial charge is 0.258 e. The molecule has 1 aliphatic heterocycles. The number of hydrogen-bond donors (Lipinski definition) is 2. The van der Waals surface area contributed by atoms with Crippen LogP contribution in [-0.2, 0) is 4.79 Å². The minimum atomic E-state index is -0.389. The Kier molecular flexibility index (Phi) is 7.97. The summed E-state index contributed by atoms with van der Waals surface area (Å²) in [5.74, 6) is -0.309. The fraction of sp³-hybridized carbons (Fsp3) is 0.227. The maximum absolute atomic E-state index is 12.9. The minimum Gasteiger partial charge on any atom is -0.371 e. The van der Waals surface area contributed by atoms with Crippen LogP contribution in [0.4, 0.5) is 17.2 Å². The van der Waals surface area contributed by atoms with Gasteiger partial charge in [-0.2, -0.15) is 0 Å². The zero-order valence-electron chi connectivity index (χ0n) is 17.1. The molecule has 4 rings (SSSR count). The van der Waals surface area contributed by atoms with Gasteiger partial charge < -0.3 is 15.5 Å². The molecular formula is C22H22Cl2N6O2.